The molecule has 0 aliphatic carbocycles. The number of hydrogen-bond donors (Lipinski definition) is 1. The molecule has 0 fully saturated rings. The summed E-state index contributed by atoms with van der Waals surface area (Å²) in [7, 11) is 1.68. The molecule has 2 aromatic rings. The molecule has 0 saturated heterocycles. The van der Waals surface area contributed by atoms with E-state index < -0.39 is 0 Å². The fourth-order valence-corrected chi connectivity index (χ4v) is 2.27. The Balaban J connectivity index is 1.96. The Morgan fingerprint density at radius 3 is 2.48 bits per heavy atom. The van der Waals surface area contributed by atoms with Gasteiger partial charge in [0.1, 0.15) is 11.5 Å². The van der Waals surface area contributed by atoms with Crippen LogP contribution in [0.15, 0.2) is 46.9 Å². The lowest BCUT2D eigenvalue weighted by Gasteiger charge is -2.10. The Kier molecular flexibility index (Phi) is 6.51. The van der Waals surface area contributed by atoms with Gasteiger partial charge in [-0.25, -0.2) is 0 Å². The predicted octanol–water partition coefficient (Wildman–Crippen LogP) is 4.63. The van der Waals surface area contributed by atoms with Crippen LogP contribution in [0.5, 0.6) is 11.5 Å². The first-order chi connectivity index (χ1) is 10.2. The van der Waals surface area contributed by atoms with Crippen molar-refractivity contribution in [1.82, 2.24) is 5.32 Å². The highest BCUT2D eigenvalue weighted by Crippen LogP contribution is 2.27. The van der Waals surface area contributed by atoms with Gasteiger partial charge in [0.25, 0.3) is 0 Å². The Morgan fingerprint density at radius 1 is 1.10 bits per heavy atom. The van der Waals surface area contributed by atoms with Crippen LogP contribution in [-0.4, -0.2) is 20.3 Å². The molecule has 0 aliphatic rings. The minimum absolute atomic E-state index is 0.683. The molecule has 5 heteroatoms. The maximum atomic E-state index is 6.27. The van der Waals surface area contributed by atoms with Crippen molar-refractivity contribution in [1.29, 1.82) is 0 Å². The lowest BCUT2D eigenvalue weighted by Crippen LogP contribution is -2.18. The summed E-state index contributed by atoms with van der Waals surface area (Å²) in [5.74, 6) is 1.50. The fourth-order valence-electron chi connectivity index (χ4n) is 1.77. The molecule has 0 bridgehead atoms. The average Bonchev–Trinajstić information content (AvgIpc) is 2.48. The standard InChI is InChI=1S/C16H17BrClNO2/c1-20-9-8-19-11-12-2-5-15(10-16(12)18)21-14-6-3-13(17)4-7-14/h2-7,10,19H,8-9,11H2,1H3. The molecule has 0 unspecified atom stereocenters. The topological polar surface area (TPSA) is 30.5 Å². The Morgan fingerprint density at radius 2 is 1.81 bits per heavy atom. The highest BCUT2D eigenvalue weighted by molar-refractivity contribution is 9.10. The summed E-state index contributed by atoms with van der Waals surface area (Å²) in [4.78, 5) is 0. The van der Waals surface area contributed by atoms with E-state index in [4.69, 9.17) is 21.1 Å². The van der Waals surface area contributed by atoms with Gasteiger partial charge in [0.15, 0.2) is 0 Å². The largest absolute Gasteiger partial charge is 0.457 e. The molecule has 21 heavy (non-hydrogen) atoms. The molecule has 0 heterocycles. The first-order valence-electron chi connectivity index (χ1n) is 6.60. The smallest absolute Gasteiger partial charge is 0.128 e. The lowest BCUT2D eigenvalue weighted by molar-refractivity contribution is 0.199. The highest BCUT2D eigenvalue weighted by Gasteiger charge is 2.04. The van der Waals surface area contributed by atoms with Crippen LogP contribution < -0.4 is 10.1 Å². The van der Waals surface area contributed by atoms with Crippen LogP contribution in [-0.2, 0) is 11.3 Å². The molecule has 112 valence electrons. The zero-order valence-electron chi connectivity index (χ0n) is 11.7. The van der Waals surface area contributed by atoms with Gasteiger partial charge in [0.05, 0.1) is 6.61 Å². The molecule has 0 aromatic heterocycles. The van der Waals surface area contributed by atoms with Gasteiger partial charge in [-0.05, 0) is 42.0 Å². The van der Waals surface area contributed by atoms with E-state index in [9.17, 15) is 0 Å². The summed E-state index contributed by atoms with van der Waals surface area (Å²) in [6.45, 7) is 2.19. The maximum Gasteiger partial charge on any atom is 0.128 e. The summed E-state index contributed by atoms with van der Waals surface area (Å²) >= 11 is 9.67. The van der Waals surface area contributed by atoms with Crippen molar-refractivity contribution >= 4 is 27.5 Å². The molecule has 2 rings (SSSR count). The zero-order valence-corrected chi connectivity index (χ0v) is 14.1. The number of rotatable bonds is 7. The van der Waals surface area contributed by atoms with E-state index in [0.29, 0.717) is 18.2 Å². The van der Waals surface area contributed by atoms with Crippen molar-refractivity contribution in [2.75, 3.05) is 20.3 Å². The van der Waals surface area contributed by atoms with Crippen molar-refractivity contribution in [3.05, 3.63) is 57.5 Å². The van der Waals surface area contributed by atoms with E-state index in [1.807, 2.05) is 42.5 Å². The normalized spacial score (nSPS) is 10.6. The maximum absolute atomic E-state index is 6.27. The Labute approximate surface area is 138 Å². The second-order valence-corrected chi connectivity index (χ2v) is 5.80. The first kappa shape index (κ1) is 16.3. The molecule has 0 spiro atoms. The molecular weight excluding hydrogens is 354 g/mol. The molecule has 2 aromatic carbocycles. The van der Waals surface area contributed by atoms with Crippen LogP contribution in [0, 0.1) is 0 Å². The molecule has 1 N–H and O–H groups in total. The quantitative estimate of drug-likeness (QED) is 0.721. The molecule has 0 atom stereocenters. The molecule has 0 radical (unpaired) electrons. The number of ether oxygens (including phenoxy) is 2. The van der Waals surface area contributed by atoms with Gasteiger partial charge < -0.3 is 14.8 Å². The van der Waals surface area contributed by atoms with Crippen molar-refractivity contribution in [3.8, 4) is 11.5 Å². The number of benzene rings is 2. The summed E-state index contributed by atoms with van der Waals surface area (Å²) in [5, 5.41) is 3.95. The monoisotopic (exact) mass is 369 g/mol. The molecule has 0 amide bonds. The van der Waals surface area contributed by atoms with Gasteiger partial charge in [-0.2, -0.15) is 0 Å². The molecule has 3 nitrogen and oxygen atoms in total. The van der Waals surface area contributed by atoms with Crippen molar-refractivity contribution in [3.63, 3.8) is 0 Å². The molecular formula is C16H17BrClNO2. The summed E-state index contributed by atoms with van der Waals surface area (Å²) in [5.41, 5.74) is 1.04. The van der Waals surface area contributed by atoms with Gasteiger partial charge in [-0.15, -0.1) is 0 Å². The minimum Gasteiger partial charge on any atom is -0.457 e. The average molecular weight is 371 g/mol. The SMILES string of the molecule is COCCNCc1ccc(Oc2ccc(Br)cc2)cc1Cl. The van der Waals surface area contributed by atoms with Crippen LogP contribution >= 0.6 is 27.5 Å². The van der Waals surface area contributed by atoms with E-state index in [0.717, 1.165) is 28.1 Å². The van der Waals surface area contributed by atoms with E-state index >= 15 is 0 Å². The number of hydrogen-bond acceptors (Lipinski definition) is 3. The number of halogens is 2. The van der Waals surface area contributed by atoms with Gasteiger partial charge in [0.2, 0.25) is 0 Å². The van der Waals surface area contributed by atoms with E-state index in [1.54, 1.807) is 7.11 Å². The lowest BCUT2D eigenvalue weighted by atomic mass is 10.2. The first-order valence-corrected chi connectivity index (χ1v) is 7.77. The van der Waals surface area contributed by atoms with Crippen LogP contribution in [0.25, 0.3) is 0 Å². The van der Waals surface area contributed by atoms with Crippen molar-refractivity contribution in [2.45, 2.75) is 6.54 Å². The molecule has 0 saturated carbocycles. The Bertz CT molecular complexity index is 575. The van der Waals surface area contributed by atoms with Gasteiger partial charge in [-0.1, -0.05) is 33.6 Å². The second-order valence-electron chi connectivity index (χ2n) is 4.48. The van der Waals surface area contributed by atoms with Crippen molar-refractivity contribution < 1.29 is 9.47 Å². The summed E-state index contributed by atoms with van der Waals surface area (Å²) < 4.78 is 11.8. The second kappa shape index (κ2) is 8.39. The van der Waals surface area contributed by atoms with Crippen LogP contribution in [0.3, 0.4) is 0 Å². The number of methoxy groups -OCH3 is 1. The van der Waals surface area contributed by atoms with Gasteiger partial charge in [0, 0.05) is 29.7 Å². The number of nitrogens with one attached hydrogen (secondary N) is 1. The van der Waals surface area contributed by atoms with Gasteiger partial charge >= 0.3 is 0 Å². The fraction of sp³-hybridized carbons (Fsp3) is 0.250. The van der Waals surface area contributed by atoms with Crippen LogP contribution in [0.4, 0.5) is 0 Å². The van der Waals surface area contributed by atoms with Crippen LogP contribution in [0.2, 0.25) is 5.02 Å². The summed E-state index contributed by atoms with van der Waals surface area (Å²) in [6.07, 6.45) is 0. The van der Waals surface area contributed by atoms with E-state index in [2.05, 4.69) is 21.2 Å². The summed E-state index contributed by atoms with van der Waals surface area (Å²) in [6, 6.07) is 13.4. The minimum atomic E-state index is 0.683. The van der Waals surface area contributed by atoms with E-state index in [1.165, 1.54) is 0 Å². The predicted molar refractivity (Wildman–Crippen MR) is 89.3 cm³/mol. The van der Waals surface area contributed by atoms with E-state index in [-0.39, 0.29) is 0 Å². The third-order valence-electron chi connectivity index (χ3n) is 2.87. The third kappa shape index (κ3) is 5.32. The Hall–Kier alpha value is -1.07. The zero-order chi connectivity index (χ0) is 15.1. The highest BCUT2D eigenvalue weighted by atomic mass is 79.9. The third-order valence-corrected chi connectivity index (χ3v) is 3.75. The van der Waals surface area contributed by atoms with Crippen LogP contribution in [0.1, 0.15) is 5.56 Å². The molecule has 0 aliphatic heterocycles. The van der Waals surface area contributed by atoms with Gasteiger partial charge in [-0.3, -0.25) is 0 Å². The van der Waals surface area contributed by atoms with Crippen molar-refractivity contribution in [2.24, 2.45) is 0 Å².